The summed E-state index contributed by atoms with van der Waals surface area (Å²) in [4.78, 5) is 15.5. The van der Waals surface area contributed by atoms with Crippen LogP contribution in [0.5, 0.6) is 5.75 Å². The van der Waals surface area contributed by atoms with Crippen LogP contribution in [-0.4, -0.2) is 29.7 Å². The van der Waals surface area contributed by atoms with E-state index in [9.17, 15) is 9.18 Å². The summed E-state index contributed by atoms with van der Waals surface area (Å²) in [6.07, 6.45) is 2.01. The Labute approximate surface area is 152 Å². The Morgan fingerprint density at radius 3 is 2.60 bits per heavy atom. The lowest BCUT2D eigenvalue weighted by molar-refractivity contribution is -0.129. The van der Waals surface area contributed by atoms with E-state index in [1.54, 1.807) is 12.1 Å². The summed E-state index contributed by atoms with van der Waals surface area (Å²) in [5.41, 5.74) is 1.15. The number of nitrogens with zero attached hydrogens (tertiary/aromatic N) is 1. The number of benzene rings is 2. The normalized spacial score (nSPS) is 16.9. The molecule has 1 fully saturated rings. The van der Waals surface area contributed by atoms with E-state index in [1.807, 2.05) is 36.1 Å². The predicted molar refractivity (Wildman–Crippen MR) is 98.4 cm³/mol. The van der Waals surface area contributed by atoms with E-state index in [-0.39, 0.29) is 17.8 Å². The molecule has 1 saturated heterocycles. The minimum Gasteiger partial charge on any atom is -0.494 e. The summed E-state index contributed by atoms with van der Waals surface area (Å²) in [5.74, 6) is 1.10. The maximum atomic E-state index is 13.0. The molecule has 25 heavy (non-hydrogen) atoms. The number of carbonyl (C=O) groups excluding carboxylic acids is 1. The van der Waals surface area contributed by atoms with Gasteiger partial charge in [-0.25, -0.2) is 4.39 Å². The van der Waals surface area contributed by atoms with Crippen molar-refractivity contribution in [2.75, 3.05) is 18.9 Å². The van der Waals surface area contributed by atoms with E-state index >= 15 is 0 Å². The van der Waals surface area contributed by atoms with Gasteiger partial charge in [0.05, 0.1) is 18.4 Å². The van der Waals surface area contributed by atoms with Crippen LogP contribution < -0.4 is 4.74 Å². The third-order valence-corrected chi connectivity index (χ3v) is 5.32. The second-order valence-corrected chi connectivity index (χ2v) is 7.04. The summed E-state index contributed by atoms with van der Waals surface area (Å²) in [6.45, 7) is 3.40. The number of amides is 1. The number of thioether (sulfide) groups is 1. The fraction of sp³-hybridized carbons (Fsp3) is 0.350. The molecule has 132 valence electrons. The first-order valence-electron chi connectivity index (χ1n) is 8.58. The Morgan fingerprint density at radius 1 is 1.20 bits per heavy atom. The van der Waals surface area contributed by atoms with Crippen molar-refractivity contribution >= 4 is 17.7 Å². The Bertz CT molecular complexity index is 703. The molecule has 1 unspecified atom stereocenters. The smallest absolute Gasteiger partial charge is 0.233 e. The number of halogens is 1. The van der Waals surface area contributed by atoms with Gasteiger partial charge in [0.2, 0.25) is 5.91 Å². The van der Waals surface area contributed by atoms with E-state index in [1.165, 1.54) is 23.9 Å². The number of carbonyl (C=O) groups is 1. The van der Waals surface area contributed by atoms with Gasteiger partial charge in [0.1, 0.15) is 11.6 Å². The van der Waals surface area contributed by atoms with Crippen LogP contribution in [0.25, 0.3) is 0 Å². The van der Waals surface area contributed by atoms with Gasteiger partial charge >= 0.3 is 0 Å². The highest BCUT2D eigenvalue weighted by Gasteiger charge is 2.29. The highest BCUT2D eigenvalue weighted by Crippen LogP contribution is 2.33. The van der Waals surface area contributed by atoms with Gasteiger partial charge < -0.3 is 9.64 Å². The van der Waals surface area contributed by atoms with Crippen molar-refractivity contribution in [1.29, 1.82) is 0 Å². The molecule has 1 aliphatic heterocycles. The maximum absolute atomic E-state index is 13.0. The molecule has 0 aromatic heterocycles. The summed E-state index contributed by atoms with van der Waals surface area (Å²) in [6, 6.07) is 14.4. The number of likely N-dealkylation sites (tertiary alicyclic amines) is 1. The first-order chi connectivity index (χ1) is 12.2. The van der Waals surface area contributed by atoms with Crippen LogP contribution in [0.1, 0.15) is 31.4 Å². The summed E-state index contributed by atoms with van der Waals surface area (Å²) in [5, 5.41) is 0. The molecular weight excluding hydrogens is 337 g/mol. The number of hydrogen-bond acceptors (Lipinski definition) is 3. The monoisotopic (exact) mass is 359 g/mol. The van der Waals surface area contributed by atoms with Gasteiger partial charge in [-0.05, 0) is 61.7 Å². The van der Waals surface area contributed by atoms with Gasteiger partial charge in [0.15, 0.2) is 0 Å². The van der Waals surface area contributed by atoms with Crippen LogP contribution >= 0.6 is 11.8 Å². The lowest BCUT2D eigenvalue weighted by Gasteiger charge is -2.25. The van der Waals surface area contributed by atoms with Gasteiger partial charge in [0, 0.05) is 11.4 Å². The number of rotatable bonds is 6. The summed E-state index contributed by atoms with van der Waals surface area (Å²) >= 11 is 1.45. The maximum Gasteiger partial charge on any atom is 0.233 e. The molecule has 1 heterocycles. The standard InChI is InChI=1S/C20H22FNO2S/c1-2-24-17-9-5-15(6-10-17)19-4-3-13-22(19)20(23)14-25-18-11-7-16(21)8-12-18/h5-12,19H,2-4,13-14H2,1H3. The topological polar surface area (TPSA) is 29.5 Å². The zero-order valence-electron chi connectivity index (χ0n) is 14.3. The lowest BCUT2D eigenvalue weighted by Crippen LogP contribution is -2.31. The second kappa shape index (κ2) is 8.39. The molecule has 1 amide bonds. The average Bonchev–Trinajstić information content (AvgIpc) is 3.12. The van der Waals surface area contributed by atoms with E-state index < -0.39 is 0 Å². The van der Waals surface area contributed by atoms with Crippen molar-refractivity contribution in [2.24, 2.45) is 0 Å². The first kappa shape index (κ1) is 17.8. The molecule has 2 aromatic rings. The quantitative estimate of drug-likeness (QED) is 0.702. The molecule has 0 radical (unpaired) electrons. The molecule has 0 N–H and O–H groups in total. The zero-order chi connectivity index (χ0) is 17.6. The molecule has 1 atom stereocenters. The lowest BCUT2D eigenvalue weighted by atomic mass is 10.0. The third kappa shape index (κ3) is 4.54. The van der Waals surface area contributed by atoms with E-state index in [2.05, 4.69) is 0 Å². The summed E-state index contributed by atoms with van der Waals surface area (Å²) in [7, 11) is 0. The fourth-order valence-electron chi connectivity index (χ4n) is 3.12. The molecule has 3 nitrogen and oxygen atoms in total. The Morgan fingerprint density at radius 2 is 1.92 bits per heavy atom. The fourth-order valence-corrected chi connectivity index (χ4v) is 3.91. The van der Waals surface area contributed by atoms with E-state index in [0.717, 1.165) is 35.6 Å². The van der Waals surface area contributed by atoms with Crippen molar-refractivity contribution < 1.29 is 13.9 Å². The van der Waals surface area contributed by atoms with E-state index in [0.29, 0.717) is 12.4 Å². The molecule has 5 heteroatoms. The van der Waals surface area contributed by atoms with Crippen LogP contribution in [0, 0.1) is 5.82 Å². The van der Waals surface area contributed by atoms with Crippen LogP contribution in [0.15, 0.2) is 53.4 Å². The van der Waals surface area contributed by atoms with Crippen LogP contribution in [-0.2, 0) is 4.79 Å². The van der Waals surface area contributed by atoms with Gasteiger partial charge in [0.25, 0.3) is 0 Å². The SMILES string of the molecule is CCOc1ccc(C2CCCN2C(=O)CSc2ccc(F)cc2)cc1. The van der Waals surface area contributed by atoms with Gasteiger partial charge in [-0.2, -0.15) is 0 Å². The highest BCUT2D eigenvalue weighted by molar-refractivity contribution is 8.00. The molecular formula is C20H22FNO2S. The van der Waals surface area contributed by atoms with E-state index in [4.69, 9.17) is 4.74 Å². The molecule has 0 aliphatic carbocycles. The number of hydrogen-bond donors (Lipinski definition) is 0. The molecule has 1 aliphatic rings. The van der Waals surface area contributed by atoms with Crippen LogP contribution in [0.4, 0.5) is 4.39 Å². The zero-order valence-corrected chi connectivity index (χ0v) is 15.1. The minimum absolute atomic E-state index is 0.130. The largest absolute Gasteiger partial charge is 0.494 e. The second-order valence-electron chi connectivity index (χ2n) is 5.99. The molecule has 3 rings (SSSR count). The third-order valence-electron chi connectivity index (χ3n) is 4.32. The molecule has 0 saturated carbocycles. The molecule has 2 aromatic carbocycles. The Kier molecular flexibility index (Phi) is 5.97. The van der Waals surface area contributed by atoms with Gasteiger partial charge in [-0.15, -0.1) is 11.8 Å². The van der Waals surface area contributed by atoms with Crippen LogP contribution in [0.2, 0.25) is 0 Å². The van der Waals surface area contributed by atoms with Gasteiger partial charge in [-0.1, -0.05) is 12.1 Å². The Balaban J connectivity index is 1.62. The van der Waals surface area contributed by atoms with Gasteiger partial charge in [-0.3, -0.25) is 4.79 Å². The highest BCUT2D eigenvalue weighted by atomic mass is 32.2. The van der Waals surface area contributed by atoms with Crippen molar-refractivity contribution in [3.8, 4) is 5.75 Å². The molecule has 0 bridgehead atoms. The van der Waals surface area contributed by atoms with Crippen molar-refractivity contribution in [3.63, 3.8) is 0 Å². The summed E-state index contributed by atoms with van der Waals surface area (Å²) < 4.78 is 18.4. The molecule has 0 spiro atoms. The average molecular weight is 359 g/mol. The predicted octanol–water partition coefficient (Wildman–Crippen LogP) is 4.68. The van der Waals surface area contributed by atoms with Crippen molar-refractivity contribution in [3.05, 3.63) is 59.9 Å². The van der Waals surface area contributed by atoms with Crippen molar-refractivity contribution in [2.45, 2.75) is 30.7 Å². The van der Waals surface area contributed by atoms with Crippen LogP contribution in [0.3, 0.4) is 0 Å². The Hall–Kier alpha value is -2.01. The first-order valence-corrected chi connectivity index (χ1v) is 9.56. The number of ether oxygens (including phenoxy) is 1. The van der Waals surface area contributed by atoms with Crippen molar-refractivity contribution in [1.82, 2.24) is 4.90 Å². The minimum atomic E-state index is -0.259.